The first kappa shape index (κ1) is 20.1. The Morgan fingerprint density at radius 2 is 1.76 bits per heavy atom. The lowest BCUT2D eigenvalue weighted by molar-refractivity contribution is 0.0950. The highest BCUT2D eigenvalue weighted by atomic mass is 16.5. The third-order valence-corrected chi connectivity index (χ3v) is 4.50. The third kappa shape index (κ3) is 4.79. The topological polar surface area (TPSA) is 71.5 Å². The Morgan fingerprint density at radius 3 is 2.48 bits per heavy atom. The number of carbonyl (C=O) groups excluding carboxylic acids is 2. The lowest BCUT2D eigenvalue weighted by atomic mass is 10.1. The zero-order valence-corrected chi connectivity index (χ0v) is 16.5. The van der Waals surface area contributed by atoms with Crippen LogP contribution in [0.1, 0.15) is 33.3 Å². The van der Waals surface area contributed by atoms with Crippen LogP contribution in [0, 0.1) is 0 Å². The maximum atomic E-state index is 12.9. The highest BCUT2D eigenvalue weighted by Gasteiger charge is 2.19. The number of hydrogen-bond donors (Lipinski definition) is 1. The van der Waals surface area contributed by atoms with Gasteiger partial charge >= 0.3 is 0 Å². The van der Waals surface area contributed by atoms with Crippen molar-refractivity contribution in [1.82, 2.24) is 10.3 Å². The molecule has 1 heterocycles. The zero-order chi connectivity index (χ0) is 20.6. The number of aromatic nitrogens is 1. The van der Waals surface area contributed by atoms with Crippen molar-refractivity contribution in [2.45, 2.75) is 13.5 Å². The van der Waals surface area contributed by atoms with Gasteiger partial charge in [0, 0.05) is 36.1 Å². The Morgan fingerprint density at radius 1 is 1.03 bits per heavy atom. The van der Waals surface area contributed by atoms with Crippen LogP contribution in [0.15, 0.2) is 72.9 Å². The molecule has 0 aliphatic rings. The van der Waals surface area contributed by atoms with Crippen LogP contribution in [0.4, 0.5) is 5.69 Å². The van der Waals surface area contributed by atoms with Gasteiger partial charge in [-0.1, -0.05) is 36.4 Å². The van der Waals surface area contributed by atoms with Crippen LogP contribution in [0.2, 0.25) is 0 Å². The van der Waals surface area contributed by atoms with E-state index >= 15 is 0 Å². The Balaban J connectivity index is 1.74. The van der Waals surface area contributed by atoms with Crippen LogP contribution in [0.5, 0.6) is 5.75 Å². The summed E-state index contributed by atoms with van der Waals surface area (Å²) in [6.45, 7) is 2.71. The largest absolute Gasteiger partial charge is 0.496 e. The number of nitrogens with one attached hydrogen (secondary N) is 1. The number of anilines is 1. The van der Waals surface area contributed by atoms with Gasteiger partial charge in [0.2, 0.25) is 0 Å². The van der Waals surface area contributed by atoms with E-state index in [1.165, 1.54) is 12.3 Å². The second-order valence-electron chi connectivity index (χ2n) is 6.31. The van der Waals surface area contributed by atoms with Gasteiger partial charge in [0.15, 0.2) is 0 Å². The first-order valence-corrected chi connectivity index (χ1v) is 9.37. The standard InChI is InChI=1S/C23H23N3O3/c1-3-26(19-10-5-4-6-11-19)23(28)20-15-17(13-14-24-20)22(27)25-16-18-9-7-8-12-21(18)29-2/h4-15H,3,16H2,1-2H3,(H,25,27). The van der Waals surface area contributed by atoms with Crippen molar-refractivity contribution in [3.63, 3.8) is 0 Å². The molecule has 0 unspecified atom stereocenters. The van der Waals surface area contributed by atoms with Crippen molar-refractivity contribution < 1.29 is 14.3 Å². The Bertz CT molecular complexity index is 989. The van der Waals surface area contributed by atoms with E-state index in [4.69, 9.17) is 4.74 Å². The van der Waals surface area contributed by atoms with Crippen molar-refractivity contribution in [3.05, 3.63) is 89.7 Å². The molecule has 2 aromatic carbocycles. The van der Waals surface area contributed by atoms with E-state index in [-0.39, 0.29) is 17.5 Å². The number of pyridine rings is 1. The summed E-state index contributed by atoms with van der Waals surface area (Å²) in [4.78, 5) is 31.3. The summed E-state index contributed by atoms with van der Waals surface area (Å²) in [7, 11) is 1.59. The Kier molecular flexibility index (Phi) is 6.58. The molecule has 6 nitrogen and oxygen atoms in total. The molecule has 148 valence electrons. The van der Waals surface area contributed by atoms with Gasteiger partial charge in [-0.15, -0.1) is 0 Å². The molecule has 2 amide bonds. The van der Waals surface area contributed by atoms with Crippen molar-refractivity contribution in [2.24, 2.45) is 0 Å². The van der Waals surface area contributed by atoms with Crippen molar-refractivity contribution in [1.29, 1.82) is 0 Å². The summed E-state index contributed by atoms with van der Waals surface area (Å²) >= 11 is 0. The van der Waals surface area contributed by atoms with Gasteiger partial charge in [0.25, 0.3) is 11.8 Å². The highest BCUT2D eigenvalue weighted by molar-refractivity contribution is 6.06. The summed E-state index contributed by atoms with van der Waals surface area (Å²) in [5, 5.41) is 2.86. The summed E-state index contributed by atoms with van der Waals surface area (Å²) in [5.74, 6) is 0.174. The fourth-order valence-corrected chi connectivity index (χ4v) is 3.00. The SMILES string of the molecule is CCN(C(=O)c1cc(C(=O)NCc2ccccc2OC)ccn1)c1ccccc1. The molecular formula is C23H23N3O3. The molecule has 1 aromatic heterocycles. The zero-order valence-electron chi connectivity index (χ0n) is 16.5. The van der Waals surface area contributed by atoms with Gasteiger partial charge in [-0.05, 0) is 37.3 Å². The number of methoxy groups -OCH3 is 1. The van der Waals surface area contributed by atoms with Gasteiger partial charge in [-0.3, -0.25) is 14.6 Å². The smallest absolute Gasteiger partial charge is 0.276 e. The predicted octanol–water partition coefficient (Wildman–Crippen LogP) is 3.69. The van der Waals surface area contributed by atoms with E-state index in [9.17, 15) is 9.59 Å². The summed E-state index contributed by atoms with van der Waals surface area (Å²) in [6.07, 6.45) is 1.48. The molecule has 0 saturated heterocycles. The fourth-order valence-electron chi connectivity index (χ4n) is 3.00. The quantitative estimate of drug-likeness (QED) is 0.669. The average Bonchev–Trinajstić information content (AvgIpc) is 2.79. The van der Waals surface area contributed by atoms with Crippen molar-refractivity contribution in [3.8, 4) is 5.75 Å². The van der Waals surface area contributed by atoms with E-state index in [1.54, 1.807) is 18.1 Å². The molecule has 0 bridgehead atoms. The highest BCUT2D eigenvalue weighted by Crippen LogP contribution is 2.18. The minimum atomic E-state index is -0.282. The predicted molar refractivity (Wildman–Crippen MR) is 112 cm³/mol. The lowest BCUT2D eigenvalue weighted by Gasteiger charge is -2.20. The molecule has 0 radical (unpaired) electrons. The molecule has 1 N–H and O–H groups in total. The normalized spacial score (nSPS) is 10.3. The fraction of sp³-hybridized carbons (Fsp3) is 0.174. The molecule has 3 rings (SSSR count). The molecule has 0 fully saturated rings. The van der Waals surface area contributed by atoms with Crippen LogP contribution >= 0.6 is 0 Å². The van der Waals surface area contributed by atoms with E-state index in [1.807, 2.05) is 61.5 Å². The number of para-hydroxylation sites is 2. The summed E-state index contributed by atoms with van der Waals surface area (Å²) in [6, 6.07) is 20.0. The molecule has 3 aromatic rings. The van der Waals surface area contributed by atoms with E-state index in [0.717, 1.165) is 11.3 Å². The number of amides is 2. The minimum Gasteiger partial charge on any atom is -0.496 e. The molecule has 0 spiro atoms. The van der Waals surface area contributed by atoms with E-state index < -0.39 is 0 Å². The van der Waals surface area contributed by atoms with Crippen LogP contribution < -0.4 is 15.0 Å². The Labute approximate surface area is 170 Å². The molecule has 0 atom stereocenters. The molecule has 0 saturated carbocycles. The average molecular weight is 389 g/mol. The number of rotatable bonds is 7. The van der Waals surface area contributed by atoms with Crippen molar-refractivity contribution >= 4 is 17.5 Å². The summed E-state index contributed by atoms with van der Waals surface area (Å²) in [5.41, 5.74) is 2.26. The maximum Gasteiger partial charge on any atom is 0.276 e. The van der Waals surface area contributed by atoms with Crippen molar-refractivity contribution in [2.75, 3.05) is 18.6 Å². The van der Waals surface area contributed by atoms with Gasteiger partial charge in [-0.25, -0.2) is 0 Å². The molecule has 6 heteroatoms. The molecule has 0 aliphatic heterocycles. The van der Waals surface area contributed by atoms with Crippen LogP contribution in [-0.2, 0) is 6.54 Å². The summed E-state index contributed by atoms with van der Waals surface area (Å²) < 4.78 is 5.30. The third-order valence-electron chi connectivity index (χ3n) is 4.50. The van der Waals surface area contributed by atoms with Crippen LogP contribution in [-0.4, -0.2) is 30.5 Å². The number of benzene rings is 2. The lowest BCUT2D eigenvalue weighted by Crippen LogP contribution is -2.31. The first-order chi connectivity index (χ1) is 14.1. The minimum absolute atomic E-state index is 0.223. The first-order valence-electron chi connectivity index (χ1n) is 9.37. The van der Waals surface area contributed by atoms with Gasteiger partial charge in [0.05, 0.1) is 7.11 Å². The number of ether oxygens (including phenoxy) is 1. The molecular weight excluding hydrogens is 366 g/mol. The molecule has 29 heavy (non-hydrogen) atoms. The Hall–Kier alpha value is -3.67. The number of hydrogen-bond acceptors (Lipinski definition) is 4. The second kappa shape index (κ2) is 9.50. The number of carbonyl (C=O) groups is 2. The van der Waals surface area contributed by atoms with Gasteiger partial charge < -0.3 is 15.0 Å². The van der Waals surface area contributed by atoms with Crippen LogP contribution in [0.3, 0.4) is 0 Å². The van der Waals surface area contributed by atoms with Gasteiger partial charge in [-0.2, -0.15) is 0 Å². The van der Waals surface area contributed by atoms with Crippen LogP contribution in [0.25, 0.3) is 0 Å². The van der Waals surface area contributed by atoms with Gasteiger partial charge in [0.1, 0.15) is 11.4 Å². The monoisotopic (exact) mass is 389 g/mol. The maximum absolute atomic E-state index is 12.9. The van der Waals surface area contributed by atoms with E-state index in [2.05, 4.69) is 10.3 Å². The second-order valence-corrected chi connectivity index (χ2v) is 6.31. The van der Waals surface area contributed by atoms with E-state index in [0.29, 0.717) is 24.4 Å². The molecule has 0 aliphatic carbocycles. The number of nitrogens with zero attached hydrogens (tertiary/aromatic N) is 2.